The molecule has 0 aromatic heterocycles. The van der Waals surface area contributed by atoms with Crippen molar-refractivity contribution in [3.63, 3.8) is 0 Å². The molecule has 0 aliphatic heterocycles. The van der Waals surface area contributed by atoms with Gasteiger partial charge >= 0.3 is 0 Å². The standard InChI is InChI=1S/C17H19N2O/c1-19(2,3)17(13-18)14-8-7-11-16(12-14)20-15-9-5-4-6-10-15/h4-12,17H,1-3H3/q+1. The van der Waals surface area contributed by atoms with Crippen LogP contribution in [0.4, 0.5) is 0 Å². The van der Waals surface area contributed by atoms with E-state index in [4.69, 9.17) is 4.74 Å². The van der Waals surface area contributed by atoms with Crippen molar-refractivity contribution in [1.82, 2.24) is 0 Å². The largest absolute Gasteiger partial charge is 0.457 e. The third-order valence-corrected chi connectivity index (χ3v) is 3.05. The van der Waals surface area contributed by atoms with Crippen molar-refractivity contribution >= 4 is 0 Å². The number of para-hydroxylation sites is 1. The predicted octanol–water partition coefficient (Wildman–Crippen LogP) is 3.75. The van der Waals surface area contributed by atoms with E-state index < -0.39 is 0 Å². The summed E-state index contributed by atoms with van der Waals surface area (Å²) in [5.74, 6) is 1.55. The second-order valence-electron chi connectivity index (χ2n) is 5.64. The van der Waals surface area contributed by atoms with Gasteiger partial charge in [-0.15, -0.1) is 0 Å². The van der Waals surface area contributed by atoms with Gasteiger partial charge in [0.2, 0.25) is 6.04 Å². The maximum absolute atomic E-state index is 9.39. The van der Waals surface area contributed by atoms with Crippen LogP contribution in [-0.4, -0.2) is 25.6 Å². The molecule has 0 bridgehead atoms. The average Bonchev–Trinajstić information content (AvgIpc) is 2.39. The van der Waals surface area contributed by atoms with Crippen LogP contribution in [0.1, 0.15) is 11.6 Å². The highest BCUT2D eigenvalue weighted by Crippen LogP contribution is 2.28. The Morgan fingerprint density at radius 2 is 1.60 bits per heavy atom. The summed E-state index contributed by atoms with van der Waals surface area (Å²) in [7, 11) is 6.04. The number of nitriles is 1. The minimum absolute atomic E-state index is 0.214. The molecule has 0 saturated heterocycles. The maximum Gasteiger partial charge on any atom is 0.201 e. The Labute approximate surface area is 120 Å². The lowest BCUT2D eigenvalue weighted by molar-refractivity contribution is -0.893. The Kier molecular flexibility index (Phi) is 4.07. The monoisotopic (exact) mass is 267 g/mol. The molecule has 0 heterocycles. The lowest BCUT2D eigenvalue weighted by atomic mass is 10.1. The number of ether oxygens (including phenoxy) is 1. The first kappa shape index (κ1) is 14.1. The molecular formula is C17H19N2O+. The normalized spacial score (nSPS) is 12.5. The van der Waals surface area contributed by atoms with Gasteiger partial charge in [-0.25, -0.2) is 0 Å². The van der Waals surface area contributed by atoms with E-state index in [-0.39, 0.29) is 6.04 Å². The number of nitrogens with zero attached hydrogens (tertiary/aromatic N) is 2. The van der Waals surface area contributed by atoms with Gasteiger partial charge in [-0.1, -0.05) is 30.3 Å². The Morgan fingerprint density at radius 1 is 0.950 bits per heavy atom. The van der Waals surface area contributed by atoms with Gasteiger partial charge in [0.05, 0.1) is 21.1 Å². The summed E-state index contributed by atoms with van der Waals surface area (Å²) in [6, 6.07) is 19.5. The first-order valence-electron chi connectivity index (χ1n) is 6.54. The molecule has 20 heavy (non-hydrogen) atoms. The van der Waals surface area contributed by atoms with Gasteiger partial charge in [0.15, 0.2) is 0 Å². The van der Waals surface area contributed by atoms with Crippen LogP contribution in [0.3, 0.4) is 0 Å². The molecule has 0 radical (unpaired) electrons. The molecule has 1 atom stereocenters. The molecule has 2 aromatic rings. The topological polar surface area (TPSA) is 33.0 Å². The molecule has 0 amide bonds. The third kappa shape index (κ3) is 3.37. The Hall–Kier alpha value is -2.31. The highest BCUT2D eigenvalue weighted by Gasteiger charge is 2.25. The van der Waals surface area contributed by atoms with Crippen molar-refractivity contribution in [1.29, 1.82) is 5.26 Å². The van der Waals surface area contributed by atoms with Crippen LogP contribution in [0.25, 0.3) is 0 Å². The van der Waals surface area contributed by atoms with E-state index in [0.29, 0.717) is 4.48 Å². The Morgan fingerprint density at radius 3 is 2.20 bits per heavy atom. The number of benzene rings is 2. The quantitative estimate of drug-likeness (QED) is 0.790. The zero-order valence-corrected chi connectivity index (χ0v) is 12.1. The van der Waals surface area contributed by atoms with Crippen LogP contribution in [0.5, 0.6) is 11.5 Å². The molecule has 2 rings (SSSR count). The Bertz CT molecular complexity index is 609. The number of hydrogen-bond acceptors (Lipinski definition) is 2. The molecule has 0 aliphatic rings. The summed E-state index contributed by atoms with van der Waals surface area (Å²) in [5.41, 5.74) is 0.966. The minimum atomic E-state index is -0.214. The second-order valence-corrected chi connectivity index (χ2v) is 5.64. The molecular weight excluding hydrogens is 248 g/mol. The summed E-state index contributed by atoms with van der Waals surface area (Å²) in [6.45, 7) is 0. The fourth-order valence-corrected chi connectivity index (χ4v) is 2.07. The van der Waals surface area contributed by atoms with Crippen molar-refractivity contribution in [3.05, 3.63) is 60.2 Å². The van der Waals surface area contributed by atoms with Crippen LogP contribution in [0.15, 0.2) is 54.6 Å². The average molecular weight is 267 g/mol. The van der Waals surface area contributed by atoms with Crippen molar-refractivity contribution in [2.24, 2.45) is 0 Å². The molecule has 0 spiro atoms. The highest BCUT2D eigenvalue weighted by atomic mass is 16.5. The van der Waals surface area contributed by atoms with Gasteiger partial charge in [-0.2, -0.15) is 5.26 Å². The molecule has 3 nitrogen and oxygen atoms in total. The van der Waals surface area contributed by atoms with E-state index in [1.807, 2.05) is 75.7 Å². The number of hydrogen-bond donors (Lipinski definition) is 0. The fourth-order valence-electron chi connectivity index (χ4n) is 2.07. The van der Waals surface area contributed by atoms with E-state index in [0.717, 1.165) is 17.1 Å². The van der Waals surface area contributed by atoms with Gasteiger partial charge in [0.25, 0.3) is 0 Å². The summed E-state index contributed by atoms with van der Waals surface area (Å²) in [6.07, 6.45) is 0. The van der Waals surface area contributed by atoms with E-state index in [1.165, 1.54) is 0 Å². The van der Waals surface area contributed by atoms with Crippen molar-refractivity contribution in [2.75, 3.05) is 21.1 Å². The molecule has 0 fully saturated rings. The fraction of sp³-hybridized carbons (Fsp3) is 0.235. The van der Waals surface area contributed by atoms with Crippen molar-refractivity contribution in [2.45, 2.75) is 6.04 Å². The van der Waals surface area contributed by atoms with Gasteiger partial charge in [0, 0.05) is 5.56 Å². The SMILES string of the molecule is C[N+](C)(C)C(C#N)c1cccc(Oc2ccccc2)c1. The summed E-state index contributed by atoms with van der Waals surface area (Å²) in [4.78, 5) is 0. The van der Waals surface area contributed by atoms with Crippen LogP contribution in [0, 0.1) is 11.3 Å². The van der Waals surface area contributed by atoms with Crippen LogP contribution in [0.2, 0.25) is 0 Å². The first-order chi connectivity index (χ1) is 9.50. The predicted molar refractivity (Wildman–Crippen MR) is 79.3 cm³/mol. The van der Waals surface area contributed by atoms with Gasteiger partial charge in [0.1, 0.15) is 17.6 Å². The first-order valence-corrected chi connectivity index (χ1v) is 6.54. The van der Waals surface area contributed by atoms with E-state index in [1.54, 1.807) is 0 Å². The van der Waals surface area contributed by atoms with Crippen LogP contribution >= 0.6 is 0 Å². The van der Waals surface area contributed by atoms with Gasteiger partial charge in [-0.3, -0.25) is 0 Å². The second kappa shape index (κ2) is 5.77. The lowest BCUT2D eigenvalue weighted by Gasteiger charge is -2.29. The van der Waals surface area contributed by atoms with E-state index in [2.05, 4.69) is 6.07 Å². The molecule has 3 heteroatoms. The zero-order valence-electron chi connectivity index (χ0n) is 12.1. The highest BCUT2D eigenvalue weighted by molar-refractivity contribution is 5.35. The number of rotatable bonds is 4. The van der Waals surface area contributed by atoms with Gasteiger partial charge < -0.3 is 9.22 Å². The van der Waals surface area contributed by atoms with Crippen molar-refractivity contribution < 1.29 is 9.22 Å². The van der Waals surface area contributed by atoms with E-state index >= 15 is 0 Å². The molecule has 0 aliphatic carbocycles. The van der Waals surface area contributed by atoms with E-state index in [9.17, 15) is 5.26 Å². The van der Waals surface area contributed by atoms with Crippen LogP contribution in [-0.2, 0) is 0 Å². The summed E-state index contributed by atoms with van der Waals surface area (Å²) in [5, 5.41) is 9.39. The summed E-state index contributed by atoms with van der Waals surface area (Å²) >= 11 is 0. The molecule has 0 saturated carbocycles. The van der Waals surface area contributed by atoms with Gasteiger partial charge in [-0.05, 0) is 24.3 Å². The molecule has 2 aromatic carbocycles. The lowest BCUT2D eigenvalue weighted by Crippen LogP contribution is -2.38. The van der Waals surface area contributed by atoms with Crippen molar-refractivity contribution in [3.8, 4) is 17.6 Å². The molecule has 0 N–H and O–H groups in total. The van der Waals surface area contributed by atoms with Crippen LogP contribution < -0.4 is 4.74 Å². The Balaban J connectivity index is 2.27. The maximum atomic E-state index is 9.39. The summed E-state index contributed by atoms with van der Waals surface area (Å²) < 4.78 is 6.37. The molecule has 102 valence electrons. The zero-order chi connectivity index (χ0) is 14.6. The third-order valence-electron chi connectivity index (χ3n) is 3.05. The number of quaternary nitrogens is 1. The smallest absolute Gasteiger partial charge is 0.201 e. The molecule has 1 unspecified atom stereocenters. The minimum Gasteiger partial charge on any atom is -0.457 e.